The summed E-state index contributed by atoms with van der Waals surface area (Å²) in [5.74, 6) is -0.957. The van der Waals surface area contributed by atoms with E-state index in [2.05, 4.69) is 25.9 Å². The molecule has 0 spiro atoms. The Hall–Kier alpha value is -1.40. The van der Waals surface area contributed by atoms with Crippen LogP contribution in [-0.2, 0) is 0 Å². The Kier molecular flexibility index (Phi) is 6.67. The molecule has 2 aromatic rings. The van der Waals surface area contributed by atoms with Gasteiger partial charge >= 0.3 is 0 Å². The highest BCUT2D eigenvalue weighted by Crippen LogP contribution is 2.19. The summed E-state index contributed by atoms with van der Waals surface area (Å²) >= 11 is 3.34. The molecule has 0 aromatic carbocycles. The van der Waals surface area contributed by atoms with E-state index in [0.717, 1.165) is 5.56 Å². The maximum absolute atomic E-state index is 12.2. The van der Waals surface area contributed by atoms with Gasteiger partial charge in [-0.3, -0.25) is 0 Å². The van der Waals surface area contributed by atoms with Gasteiger partial charge in [0.1, 0.15) is 0 Å². The van der Waals surface area contributed by atoms with Crippen LogP contribution in [0.5, 0.6) is 0 Å². The molecule has 0 aliphatic carbocycles. The van der Waals surface area contributed by atoms with Crippen molar-refractivity contribution < 1.29 is 13.9 Å². The molecule has 0 fully saturated rings. The number of aliphatic hydroxyl groups is 1. The van der Waals surface area contributed by atoms with Crippen LogP contribution in [0, 0.1) is 11.9 Å². The SMILES string of the molecule is CC(Br)c1ccc(F)nc1.CC(O)c1ccc(F)nc1. The van der Waals surface area contributed by atoms with Crippen LogP contribution >= 0.6 is 15.9 Å². The highest BCUT2D eigenvalue weighted by molar-refractivity contribution is 9.09. The Balaban J connectivity index is 0.000000200. The number of hydrogen-bond acceptors (Lipinski definition) is 3. The highest BCUT2D eigenvalue weighted by Gasteiger charge is 2.00. The van der Waals surface area contributed by atoms with E-state index in [-0.39, 0.29) is 4.83 Å². The lowest BCUT2D eigenvalue weighted by atomic mass is 10.2. The van der Waals surface area contributed by atoms with Gasteiger partial charge in [0.05, 0.1) is 6.10 Å². The molecule has 0 radical (unpaired) electrons. The van der Waals surface area contributed by atoms with Crippen molar-refractivity contribution in [3.63, 3.8) is 0 Å². The predicted octanol–water partition coefficient (Wildman–Crippen LogP) is 3.95. The smallest absolute Gasteiger partial charge is 0.212 e. The fraction of sp³-hybridized carbons (Fsp3) is 0.286. The number of nitrogens with zero attached hydrogens (tertiary/aromatic N) is 2. The molecule has 6 heteroatoms. The van der Waals surface area contributed by atoms with Gasteiger partial charge in [-0.15, -0.1) is 0 Å². The molecule has 20 heavy (non-hydrogen) atoms. The van der Waals surface area contributed by atoms with E-state index in [0.29, 0.717) is 5.56 Å². The minimum absolute atomic E-state index is 0.237. The second-order valence-corrected chi connectivity index (χ2v) is 5.49. The van der Waals surface area contributed by atoms with Crippen LogP contribution < -0.4 is 0 Å². The van der Waals surface area contributed by atoms with Crippen LogP contribution in [0.15, 0.2) is 36.7 Å². The van der Waals surface area contributed by atoms with Crippen molar-refractivity contribution in [2.45, 2.75) is 24.8 Å². The Labute approximate surface area is 124 Å². The standard InChI is InChI=1S/C7H7BrFN.C7H8FNO/c1-5(8)6-2-3-7(9)10-4-6;1-5(10)6-2-3-7(8)9-4-6/h2-5H,1H3;2-5,10H,1H3. The fourth-order valence-corrected chi connectivity index (χ4v) is 1.53. The van der Waals surface area contributed by atoms with Crippen molar-refractivity contribution in [1.29, 1.82) is 0 Å². The Bertz CT molecular complexity index is 466. The summed E-state index contributed by atoms with van der Waals surface area (Å²) in [7, 11) is 0. The zero-order valence-corrected chi connectivity index (χ0v) is 12.7. The molecule has 2 heterocycles. The van der Waals surface area contributed by atoms with E-state index >= 15 is 0 Å². The number of aliphatic hydroxyl groups excluding tert-OH is 1. The van der Waals surface area contributed by atoms with Crippen LogP contribution in [0.1, 0.15) is 35.9 Å². The summed E-state index contributed by atoms with van der Waals surface area (Å²) < 4.78 is 24.4. The Morgan fingerprint density at radius 1 is 0.950 bits per heavy atom. The lowest BCUT2D eigenvalue weighted by Crippen LogP contribution is -1.92. The number of pyridine rings is 2. The first kappa shape index (κ1) is 16.7. The summed E-state index contributed by atoms with van der Waals surface area (Å²) in [5, 5.41) is 8.95. The van der Waals surface area contributed by atoms with Gasteiger partial charge in [-0.25, -0.2) is 9.97 Å². The average Bonchev–Trinajstić information content (AvgIpc) is 2.40. The van der Waals surface area contributed by atoms with Crippen LogP contribution in [0.4, 0.5) is 8.78 Å². The van der Waals surface area contributed by atoms with Gasteiger partial charge < -0.3 is 5.11 Å². The molecule has 0 aliphatic rings. The number of aromatic nitrogens is 2. The first-order chi connectivity index (χ1) is 9.40. The van der Waals surface area contributed by atoms with E-state index < -0.39 is 18.0 Å². The molecular formula is C14H15BrF2N2O. The first-order valence-corrected chi connectivity index (χ1v) is 6.86. The van der Waals surface area contributed by atoms with Gasteiger partial charge in [-0.2, -0.15) is 8.78 Å². The van der Waals surface area contributed by atoms with Gasteiger partial charge in [0.25, 0.3) is 0 Å². The molecule has 2 unspecified atom stereocenters. The summed E-state index contributed by atoms with van der Waals surface area (Å²) in [6.45, 7) is 3.57. The predicted molar refractivity (Wildman–Crippen MR) is 76.4 cm³/mol. The molecule has 0 bridgehead atoms. The Morgan fingerprint density at radius 2 is 1.40 bits per heavy atom. The van der Waals surface area contributed by atoms with Crippen molar-refractivity contribution in [2.24, 2.45) is 0 Å². The van der Waals surface area contributed by atoms with Gasteiger partial charge in [-0.1, -0.05) is 28.1 Å². The molecule has 108 valence electrons. The monoisotopic (exact) mass is 344 g/mol. The third kappa shape index (κ3) is 5.71. The van der Waals surface area contributed by atoms with Crippen molar-refractivity contribution in [3.8, 4) is 0 Å². The normalized spacial score (nSPS) is 13.1. The molecule has 0 saturated heterocycles. The van der Waals surface area contributed by atoms with Crippen molar-refractivity contribution in [2.75, 3.05) is 0 Å². The van der Waals surface area contributed by atoms with Crippen LogP contribution in [-0.4, -0.2) is 15.1 Å². The van der Waals surface area contributed by atoms with Crippen molar-refractivity contribution in [3.05, 3.63) is 59.7 Å². The maximum Gasteiger partial charge on any atom is 0.212 e. The maximum atomic E-state index is 12.2. The number of alkyl halides is 1. The average molecular weight is 345 g/mol. The van der Waals surface area contributed by atoms with E-state index in [1.807, 2.05) is 6.92 Å². The summed E-state index contributed by atoms with van der Waals surface area (Å²) in [4.78, 5) is 7.11. The molecular weight excluding hydrogens is 330 g/mol. The fourth-order valence-electron chi connectivity index (χ4n) is 1.26. The number of hydrogen-bond donors (Lipinski definition) is 1. The lowest BCUT2D eigenvalue weighted by Gasteiger charge is -2.01. The third-order valence-corrected chi connectivity index (χ3v) is 2.97. The van der Waals surface area contributed by atoms with Gasteiger partial charge in [0, 0.05) is 17.2 Å². The van der Waals surface area contributed by atoms with E-state index in [1.165, 1.54) is 30.6 Å². The quantitative estimate of drug-likeness (QED) is 0.662. The van der Waals surface area contributed by atoms with E-state index in [1.54, 1.807) is 13.0 Å². The summed E-state index contributed by atoms with van der Waals surface area (Å²) in [5.41, 5.74) is 1.61. The van der Waals surface area contributed by atoms with Crippen LogP contribution in [0.2, 0.25) is 0 Å². The second kappa shape index (κ2) is 8.01. The minimum Gasteiger partial charge on any atom is -0.389 e. The topological polar surface area (TPSA) is 46.0 Å². The zero-order chi connectivity index (χ0) is 15.1. The first-order valence-electron chi connectivity index (χ1n) is 5.95. The molecule has 0 aliphatic heterocycles. The minimum atomic E-state index is -0.576. The van der Waals surface area contributed by atoms with Gasteiger partial charge in [0.15, 0.2) is 0 Å². The molecule has 3 nitrogen and oxygen atoms in total. The summed E-state index contributed by atoms with van der Waals surface area (Å²) in [6, 6.07) is 5.80. The lowest BCUT2D eigenvalue weighted by molar-refractivity contribution is 0.198. The zero-order valence-electron chi connectivity index (χ0n) is 11.1. The van der Waals surface area contributed by atoms with Crippen molar-refractivity contribution in [1.82, 2.24) is 9.97 Å². The highest BCUT2D eigenvalue weighted by atomic mass is 79.9. The molecule has 1 N–H and O–H groups in total. The van der Waals surface area contributed by atoms with Gasteiger partial charge in [-0.05, 0) is 37.1 Å². The Morgan fingerprint density at radius 3 is 1.70 bits per heavy atom. The van der Waals surface area contributed by atoms with E-state index in [4.69, 9.17) is 5.11 Å². The van der Waals surface area contributed by atoms with Gasteiger partial charge in [0.2, 0.25) is 11.9 Å². The largest absolute Gasteiger partial charge is 0.389 e. The molecule has 2 atom stereocenters. The van der Waals surface area contributed by atoms with Crippen LogP contribution in [0.25, 0.3) is 0 Å². The third-order valence-electron chi connectivity index (χ3n) is 2.44. The summed E-state index contributed by atoms with van der Waals surface area (Å²) in [6.07, 6.45) is 2.27. The number of rotatable bonds is 2. The second-order valence-electron chi connectivity index (χ2n) is 4.12. The van der Waals surface area contributed by atoms with Crippen molar-refractivity contribution >= 4 is 15.9 Å². The van der Waals surface area contributed by atoms with Crippen LogP contribution in [0.3, 0.4) is 0 Å². The molecule has 2 aromatic heterocycles. The molecule has 0 amide bonds. The van der Waals surface area contributed by atoms with E-state index in [9.17, 15) is 8.78 Å². The number of halogens is 3. The molecule has 2 rings (SSSR count). The molecule has 0 saturated carbocycles.